The molecule has 0 spiro atoms. The van der Waals surface area contributed by atoms with Gasteiger partial charge in [-0.05, 0) is 24.3 Å². The molecule has 0 saturated carbocycles. The molecule has 0 unspecified atom stereocenters. The largest absolute Gasteiger partial charge is 0.485 e. The first-order chi connectivity index (χ1) is 10.8. The zero-order chi connectivity index (χ0) is 14.9. The van der Waals surface area contributed by atoms with Crippen molar-refractivity contribution in [3.63, 3.8) is 0 Å². The number of carbonyl (C=O) groups is 1. The van der Waals surface area contributed by atoms with Crippen LogP contribution in [0.1, 0.15) is 0 Å². The predicted octanol–water partition coefficient (Wildman–Crippen LogP) is 3.07. The van der Waals surface area contributed by atoms with E-state index in [0.29, 0.717) is 16.6 Å². The molecule has 1 amide bonds. The maximum Gasteiger partial charge on any atom is 0.270 e. The van der Waals surface area contributed by atoms with Gasteiger partial charge in [-0.1, -0.05) is 35.6 Å². The summed E-state index contributed by atoms with van der Waals surface area (Å²) in [6, 6.07) is 15.1. The molecule has 1 aliphatic rings. The molecule has 1 N–H and O–H groups in total. The van der Waals surface area contributed by atoms with Crippen LogP contribution in [0.5, 0.6) is 11.5 Å². The van der Waals surface area contributed by atoms with Gasteiger partial charge in [-0.25, -0.2) is 4.98 Å². The number of nitrogens with one attached hydrogen (secondary N) is 1. The monoisotopic (exact) mass is 312 g/mol. The van der Waals surface area contributed by atoms with Crippen LogP contribution < -0.4 is 14.8 Å². The molecule has 0 bridgehead atoms. The summed E-state index contributed by atoms with van der Waals surface area (Å²) in [7, 11) is 0. The summed E-state index contributed by atoms with van der Waals surface area (Å²) in [6.07, 6.45) is -0.679. The minimum Gasteiger partial charge on any atom is -0.485 e. The average Bonchev–Trinajstić information content (AvgIpc) is 2.96. The number of amides is 1. The fourth-order valence-corrected chi connectivity index (χ4v) is 3.13. The van der Waals surface area contributed by atoms with Gasteiger partial charge in [-0.15, -0.1) is 0 Å². The van der Waals surface area contributed by atoms with Crippen molar-refractivity contribution in [3.05, 3.63) is 48.5 Å². The topological polar surface area (TPSA) is 60.5 Å². The second-order valence-electron chi connectivity index (χ2n) is 4.84. The van der Waals surface area contributed by atoms with Gasteiger partial charge in [-0.3, -0.25) is 10.1 Å². The Balaban J connectivity index is 1.51. The predicted molar refractivity (Wildman–Crippen MR) is 84.6 cm³/mol. The van der Waals surface area contributed by atoms with Crippen LogP contribution in [-0.4, -0.2) is 23.6 Å². The van der Waals surface area contributed by atoms with E-state index in [0.717, 1.165) is 10.2 Å². The molecule has 4 rings (SSSR count). The fraction of sp³-hybridized carbons (Fsp3) is 0.125. The number of benzene rings is 2. The lowest BCUT2D eigenvalue weighted by Crippen LogP contribution is -2.40. The molecule has 3 aromatic rings. The average molecular weight is 312 g/mol. The summed E-state index contributed by atoms with van der Waals surface area (Å²) < 4.78 is 12.3. The molecule has 22 heavy (non-hydrogen) atoms. The smallest absolute Gasteiger partial charge is 0.270 e. The van der Waals surface area contributed by atoms with E-state index >= 15 is 0 Å². The summed E-state index contributed by atoms with van der Waals surface area (Å²) in [5.74, 6) is 0.985. The molecule has 1 atom stereocenters. The van der Waals surface area contributed by atoms with Crippen molar-refractivity contribution >= 4 is 32.6 Å². The first-order valence-corrected chi connectivity index (χ1v) is 7.66. The molecular weight excluding hydrogens is 300 g/mol. The highest BCUT2D eigenvalue weighted by Crippen LogP contribution is 2.31. The standard InChI is InChI=1S/C16H12N2O3S/c19-15(13-9-20-11-6-2-3-7-12(11)21-13)18-16-17-10-5-1-4-8-14(10)22-16/h1-8,13H,9H2,(H,17,18,19)/t13-/m1/s1. The highest BCUT2D eigenvalue weighted by molar-refractivity contribution is 7.22. The molecule has 2 aromatic carbocycles. The van der Waals surface area contributed by atoms with Crippen LogP contribution in [0.25, 0.3) is 10.2 Å². The molecule has 0 radical (unpaired) electrons. The molecular formula is C16H12N2O3S. The summed E-state index contributed by atoms with van der Waals surface area (Å²) in [5.41, 5.74) is 0.869. The highest BCUT2D eigenvalue weighted by atomic mass is 32.1. The van der Waals surface area contributed by atoms with Gasteiger partial charge in [0.2, 0.25) is 6.10 Å². The minimum absolute atomic E-state index is 0.188. The first kappa shape index (κ1) is 13.1. The van der Waals surface area contributed by atoms with Crippen LogP contribution in [0.3, 0.4) is 0 Å². The van der Waals surface area contributed by atoms with Crippen LogP contribution in [0.4, 0.5) is 5.13 Å². The highest BCUT2D eigenvalue weighted by Gasteiger charge is 2.27. The number of hydrogen-bond donors (Lipinski definition) is 1. The van der Waals surface area contributed by atoms with E-state index in [2.05, 4.69) is 10.3 Å². The number of nitrogens with zero attached hydrogens (tertiary/aromatic N) is 1. The van der Waals surface area contributed by atoms with Gasteiger partial charge in [0.1, 0.15) is 6.61 Å². The Kier molecular flexibility index (Phi) is 3.16. The normalized spacial score (nSPS) is 16.5. The van der Waals surface area contributed by atoms with E-state index in [9.17, 15) is 4.79 Å². The lowest BCUT2D eigenvalue weighted by molar-refractivity contribution is -0.125. The molecule has 5 nitrogen and oxygen atoms in total. The maximum atomic E-state index is 12.3. The Morgan fingerprint density at radius 1 is 1.14 bits per heavy atom. The molecule has 0 fully saturated rings. The van der Waals surface area contributed by atoms with E-state index in [-0.39, 0.29) is 12.5 Å². The van der Waals surface area contributed by atoms with E-state index in [4.69, 9.17) is 9.47 Å². The third-order valence-electron chi connectivity index (χ3n) is 3.33. The lowest BCUT2D eigenvalue weighted by Gasteiger charge is -2.25. The van der Waals surface area contributed by atoms with Gasteiger partial charge in [0, 0.05) is 0 Å². The van der Waals surface area contributed by atoms with Gasteiger partial charge in [0.25, 0.3) is 5.91 Å². The Bertz CT molecular complexity index is 813. The molecule has 1 aliphatic heterocycles. The van der Waals surface area contributed by atoms with Gasteiger partial charge in [-0.2, -0.15) is 0 Å². The van der Waals surface area contributed by atoms with E-state index in [1.165, 1.54) is 11.3 Å². The van der Waals surface area contributed by atoms with Crippen molar-refractivity contribution < 1.29 is 14.3 Å². The Morgan fingerprint density at radius 2 is 1.91 bits per heavy atom. The van der Waals surface area contributed by atoms with Crippen molar-refractivity contribution in [2.24, 2.45) is 0 Å². The number of rotatable bonds is 2. The third kappa shape index (κ3) is 2.37. The van der Waals surface area contributed by atoms with Gasteiger partial charge in [0.05, 0.1) is 10.2 Å². The molecule has 0 saturated heterocycles. The van der Waals surface area contributed by atoms with E-state index in [1.54, 1.807) is 6.07 Å². The minimum atomic E-state index is -0.679. The van der Waals surface area contributed by atoms with Crippen LogP contribution in [0.15, 0.2) is 48.5 Å². The lowest BCUT2D eigenvalue weighted by atomic mass is 10.2. The van der Waals surface area contributed by atoms with Crippen molar-refractivity contribution in [1.29, 1.82) is 0 Å². The van der Waals surface area contributed by atoms with Crippen LogP contribution in [-0.2, 0) is 4.79 Å². The summed E-state index contributed by atoms with van der Waals surface area (Å²) >= 11 is 1.44. The number of thiazole rings is 1. The van der Waals surface area contributed by atoms with Crippen LogP contribution in [0, 0.1) is 0 Å². The Hall–Kier alpha value is -2.60. The van der Waals surface area contributed by atoms with Crippen LogP contribution in [0.2, 0.25) is 0 Å². The molecule has 1 aromatic heterocycles. The van der Waals surface area contributed by atoms with Gasteiger partial charge >= 0.3 is 0 Å². The number of anilines is 1. The summed E-state index contributed by atoms with van der Waals surface area (Å²) in [4.78, 5) is 16.7. The van der Waals surface area contributed by atoms with Crippen molar-refractivity contribution in [3.8, 4) is 11.5 Å². The zero-order valence-corrected chi connectivity index (χ0v) is 12.3. The number of aromatic nitrogens is 1. The number of hydrogen-bond acceptors (Lipinski definition) is 5. The van der Waals surface area contributed by atoms with Gasteiger partial charge < -0.3 is 9.47 Å². The zero-order valence-electron chi connectivity index (χ0n) is 11.5. The fourth-order valence-electron chi connectivity index (χ4n) is 2.26. The quantitative estimate of drug-likeness (QED) is 0.790. The third-order valence-corrected chi connectivity index (χ3v) is 4.28. The Morgan fingerprint density at radius 3 is 2.77 bits per heavy atom. The first-order valence-electron chi connectivity index (χ1n) is 6.84. The van der Waals surface area contributed by atoms with Crippen molar-refractivity contribution in [1.82, 2.24) is 4.98 Å². The van der Waals surface area contributed by atoms with Gasteiger partial charge in [0.15, 0.2) is 16.6 Å². The molecule has 2 heterocycles. The summed E-state index contributed by atoms with van der Waals surface area (Å²) in [5, 5.41) is 3.36. The molecule has 6 heteroatoms. The van der Waals surface area contributed by atoms with Crippen molar-refractivity contribution in [2.75, 3.05) is 11.9 Å². The second-order valence-corrected chi connectivity index (χ2v) is 5.87. The van der Waals surface area contributed by atoms with Crippen LogP contribution >= 0.6 is 11.3 Å². The molecule has 0 aliphatic carbocycles. The SMILES string of the molecule is O=C(Nc1nc2ccccc2s1)[C@H]1COc2ccccc2O1. The number of para-hydroxylation sites is 3. The van der Waals surface area contributed by atoms with Crippen molar-refractivity contribution in [2.45, 2.75) is 6.10 Å². The number of ether oxygens (including phenoxy) is 2. The Labute approximate surface area is 130 Å². The molecule has 110 valence electrons. The second kappa shape index (κ2) is 5.31. The number of fused-ring (bicyclic) bond motifs is 2. The number of carbonyl (C=O) groups excluding carboxylic acids is 1. The van der Waals surface area contributed by atoms with E-state index < -0.39 is 6.10 Å². The van der Waals surface area contributed by atoms with E-state index in [1.807, 2.05) is 42.5 Å². The maximum absolute atomic E-state index is 12.3. The summed E-state index contributed by atoms with van der Waals surface area (Å²) in [6.45, 7) is 0.188.